The topological polar surface area (TPSA) is 89.3 Å². The van der Waals surface area contributed by atoms with Crippen molar-refractivity contribution in [2.24, 2.45) is 0 Å². The van der Waals surface area contributed by atoms with Gasteiger partial charge in [-0.25, -0.2) is 14.5 Å². The van der Waals surface area contributed by atoms with Gasteiger partial charge < -0.3 is 15.2 Å². The fourth-order valence-electron chi connectivity index (χ4n) is 5.56. The second-order valence-electron chi connectivity index (χ2n) is 10.7. The van der Waals surface area contributed by atoms with Crippen molar-refractivity contribution in [1.29, 1.82) is 0 Å². The molecule has 0 aliphatic heterocycles. The molecule has 6 rings (SSSR count). The quantitative estimate of drug-likeness (QED) is 0.328. The number of nitrogens with one attached hydrogen (secondary N) is 1. The van der Waals surface area contributed by atoms with Crippen LogP contribution >= 0.6 is 11.3 Å². The van der Waals surface area contributed by atoms with Crippen LogP contribution in [0.25, 0.3) is 5.69 Å². The molecule has 4 aromatic rings. The van der Waals surface area contributed by atoms with Crippen molar-refractivity contribution in [1.82, 2.24) is 20.1 Å². The van der Waals surface area contributed by atoms with E-state index in [1.54, 1.807) is 20.0 Å². The smallest absolute Gasteiger partial charge is 0.408 e. The number of aliphatic hydroxyl groups is 1. The Bertz CT molecular complexity index is 1440. The predicted molar refractivity (Wildman–Crippen MR) is 147 cm³/mol. The van der Waals surface area contributed by atoms with Crippen molar-refractivity contribution in [2.45, 2.75) is 70.6 Å². The van der Waals surface area contributed by atoms with E-state index in [1.165, 1.54) is 52.1 Å². The summed E-state index contributed by atoms with van der Waals surface area (Å²) in [6.45, 7) is 3.59. The SMILES string of the molecule is CC(C)(O)c1ncc([C@@H](NC(=O)OCc2ccccc2)c2ccn(-c3c4c(cc5c3CCC5)CCC4)n2)s1. The van der Waals surface area contributed by atoms with Gasteiger partial charge in [0.15, 0.2) is 0 Å². The molecule has 2 aliphatic rings. The zero-order valence-electron chi connectivity index (χ0n) is 21.7. The van der Waals surface area contributed by atoms with E-state index in [4.69, 9.17) is 9.84 Å². The minimum absolute atomic E-state index is 0.174. The Morgan fingerprint density at radius 3 is 2.47 bits per heavy atom. The Morgan fingerprint density at radius 2 is 1.82 bits per heavy atom. The highest BCUT2D eigenvalue weighted by Crippen LogP contribution is 2.38. The Kier molecular flexibility index (Phi) is 6.53. The van der Waals surface area contributed by atoms with Crippen LogP contribution in [0, 0.1) is 0 Å². The lowest BCUT2D eigenvalue weighted by molar-refractivity contribution is 0.0783. The van der Waals surface area contributed by atoms with Gasteiger partial charge in [0.25, 0.3) is 0 Å². The van der Waals surface area contributed by atoms with E-state index in [0.717, 1.165) is 36.1 Å². The summed E-state index contributed by atoms with van der Waals surface area (Å²) in [5.41, 5.74) is 7.50. The van der Waals surface area contributed by atoms with Gasteiger partial charge in [0.2, 0.25) is 0 Å². The number of nitrogens with zero attached hydrogens (tertiary/aromatic N) is 3. The Labute approximate surface area is 226 Å². The molecule has 1 amide bonds. The van der Waals surface area contributed by atoms with Gasteiger partial charge in [-0.2, -0.15) is 5.10 Å². The van der Waals surface area contributed by atoms with Crippen molar-refractivity contribution >= 4 is 17.4 Å². The van der Waals surface area contributed by atoms with Crippen molar-refractivity contribution in [2.75, 3.05) is 0 Å². The molecular weight excluding hydrogens is 496 g/mol. The number of fused-ring (bicyclic) bond motifs is 2. The van der Waals surface area contributed by atoms with Crippen LogP contribution in [0.3, 0.4) is 0 Å². The van der Waals surface area contributed by atoms with E-state index in [-0.39, 0.29) is 6.61 Å². The highest BCUT2D eigenvalue weighted by molar-refractivity contribution is 7.11. The van der Waals surface area contributed by atoms with Gasteiger partial charge in [0, 0.05) is 12.4 Å². The van der Waals surface area contributed by atoms with Gasteiger partial charge in [-0.15, -0.1) is 11.3 Å². The average molecular weight is 529 g/mol. The van der Waals surface area contributed by atoms with Crippen LogP contribution in [0.4, 0.5) is 4.79 Å². The Balaban J connectivity index is 1.33. The van der Waals surface area contributed by atoms with E-state index in [9.17, 15) is 9.90 Å². The van der Waals surface area contributed by atoms with Crippen LogP contribution in [0.15, 0.2) is 54.9 Å². The monoisotopic (exact) mass is 528 g/mol. The zero-order chi connectivity index (χ0) is 26.3. The number of hydrogen-bond donors (Lipinski definition) is 2. The Morgan fingerprint density at radius 1 is 1.11 bits per heavy atom. The molecule has 7 nitrogen and oxygen atoms in total. The minimum atomic E-state index is -1.08. The van der Waals surface area contributed by atoms with Crippen molar-refractivity contribution in [3.05, 3.63) is 98.3 Å². The Hall–Kier alpha value is -3.49. The lowest BCUT2D eigenvalue weighted by atomic mass is 9.99. The van der Waals surface area contributed by atoms with Crippen LogP contribution in [0.5, 0.6) is 0 Å². The third-order valence-corrected chi connectivity index (χ3v) is 8.76. The van der Waals surface area contributed by atoms with E-state index < -0.39 is 17.7 Å². The van der Waals surface area contributed by atoms with Gasteiger partial charge >= 0.3 is 6.09 Å². The molecule has 1 atom stereocenters. The van der Waals surface area contributed by atoms with E-state index in [1.807, 2.05) is 47.3 Å². The first-order valence-corrected chi connectivity index (χ1v) is 14.1. The summed E-state index contributed by atoms with van der Waals surface area (Å²) < 4.78 is 7.54. The number of aromatic nitrogens is 3. The molecule has 2 aliphatic carbocycles. The number of thiazole rings is 1. The van der Waals surface area contributed by atoms with Crippen LogP contribution in [-0.2, 0) is 42.6 Å². The molecule has 8 heteroatoms. The molecule has 2 aromatic carbocycles. The first-order valence-electron chi connectivity index (χ1n) is 13.2. The summed E-state index contributed by atoms with van der Waals surface area (Å²) in [6.07, 6.45) is 9.93. The highest BCUT2D eigenvalue weighted by Gasteiger charge is 2.29. The number of ether oxygens (including phenoxy) is 1. The van der Waals surface area contributed by atoms with Gasteiger partial charge in [0.05, 0.1) is 16.3 Å². The normalized spacial score (nSPS) is 15.2. The lowest BCUT2D eigenvalue weighted by Crippen LogP contribution is -2.29. The average Bonchev–Trinajstić information content (AvgIpc) is 3.71. The summed E-state index contributed by atoms with van der Waals surface area (Å²) in [6, 6.07) is 13.4. The highest BCUT2D eigenvalue weighted by atomic mass is 32.1. The second kappa shape index (κ2) is 10.0. The third kappa shape index (κ3) is 4.86. The summed E-state index contributed by atoms with van der Waals surface area (Å²) in [4.78, 5) is 18.1. The number of aryl methyl sites for hydroxylation is 2. The maximum Gasteiger partial charge on any atom is 0.408 e. The fraction of sp³-hybridized carbons (Fsp3) is 0.367. The zero-order valence-corrected chi connectivity index (χ0v) is 22.6. The predicted octanol–water partition coefficient (Wildman–Crippen LogP) is 5.55. The number of carbonyl (C=O) groups is 1. The number of benzene rings is 2. The molecule has 2 N–H and O–H groups in total. The molecule has 196 valence electrons. The summed E-state index contributed by atoms with van der Waals surface area (Å²) in [7, 11) is 0. The third-order valence-electron chi connectivity index (χ3n) is 7.38. The molecule has 2 aromatic heterocycles. The maximum atomic E-state index is 12.9. The number of hydrogen-bond acceptors (Lipinski definition) is 6. The first kappa shape index (κ1) is 24.8. The van der Waals surface area contributed by atoms with E-state index in [0.29, 0.717) is 10.7 Å². The molecule has 0 unspecified atom stereocenters. The number of amides is 1. The van der Waals surface area contributed by atoms with Crippen molar-refractivity contribution < 1.29 is 14.6 Å². The van der Waals surface area contributed by atoms with Crippen LogP contribution in [0.1, 0.15) is 76.1 Å². The molecule has 0 fully saturated rings. The molecule has 0 bridgehead atoms. The first-order chi connectivity index (χ1) is 18.4. The largest absolute Gasteiger partial charge is 0.445 e. The molecule has 0 radical (unpaired) electrons. The van der Waals surface area contributed by atoms with Crippen molar-refractivity contribution in [3.63, 3.8) is 0 Å². The standard InChI is InChI=1S/C30H32N4O3S/c1-30(2,36)28-31-17-25(38-28)26(32-29(35)37-18-19-8-4-3-5-9-19)24-14-15-34(33-24)27-22-12-6-10-20(22)16-21-11-7-13-23(21)27/h3-5,8-9,14-17,26,36H,6-7,10-13,18H2,1-2H3,(H,32,35)/t26-/m0/s1. The van der Waals surface area contributed by atoms with Gasteiger partial charge in [-0.3, -0.25) is 0 Å². The summed E-state index contributed by atoms with van der Waals surface area (Å²) >= 11 is 1.36. The minimum Gasteiger partial charge on any atom is -0.445 e. The van der Waals surface area contributed by atoms with E-state index >= 15 is 0 Å². The number of alkyl carbamates (subject to hydrolysis) is 1. The van der Waals surface area contributed by atoms with Crippen LogP contribution in [0.2, 0.25) is 0 Å². The van der Waals surface area contributed by atoms with Crippen molar-refractivity contribution in [3.8, 4) is 5.69 Å². The molecule has 0 spiro atoms. The number of rotatable bonds is 7. The second-order valence-corrected chi connectivity index (χ2v) is 11.7. The van der Waals surface area contributed by atoms with Gasteiger partial charge in [-0.05, 0) is 86.3 Å². The molecule has 38 heavy (non-hydrogen) atoms. The molecule has 2 heterocycles. The van der Waals surface area contributed by atoms with Gasteiger partial charge in [-0.1, -0.05) is 36.4 Å². The number of carbonyl (C=O) groups excluding carboxylic acids is 1. The lowest BCUT2D eigenvalue weighted by Gasteiger charge is -2.17. The molecule has 0 saturated carbocycles. The fourth-order valence-corrected chi connectivity index (χ4v) is 6.54. The summed E-state index contributed by atoms with van der Waals surface area (Å²) in [5.74, 6) is 0. The maximum absolute atomic E-state index is 12.9. The van der Waals surface area contributed by atoms with Crippen LogP contribution in [-0.4, -0.2) is 26.0 Å². The summed E-state index contributed by atoms with van der Waals surface area (Å²) in [5, 5.41) is 19.1. The molecule has 0 saturated heterocycles. The molecular formula is C30H32N4O3S. The van der Waals surface area contributed by atoms with Gasteiger partial charge in [0.1, 0.15) is 23.3 Å². The van der Waals surface area contributed by atoms with Crippen LogP contribution < -0.4 is 5.32 Å². The van der Waals surface area contributed by atoms with E-state index in [2.05, 4.69) is 16.4 Å².